The maximum absolute atomic E-state index is 13.8. The lowest BCUT2D eigenvalue weighted by Crippen LogP contribution is -2.52. The number of rotatable bonds is 14. The molecule has 3 aromatic rings. The minimum atomic E-state index is -1.26. The summed E-state index contributed by atoms with van der Waals surface area (Å²) in [5, 5.41) is 31.2. The van der Waals surface area contributed by atoms with Crippen molar-refractivity contribution in [1.29, 1.82) is 0 Å². The summed E-state index contributed by atoms with van der Waals surface area (Å²) in [5.41, 5.74) is 2.81. The number of alkyl halides is 1. The van der Waals surface area contributed by atoms with E-state index in [4.69, 9.17) is 25.2 Å². The molecule has 50 heavy (non-hydrogen) atoms. The highest BCUT2D eigenvalue weighted by molar-refractivity contribution is 5.90. The van der Waals surface area contributed by atoms with Gasteiger partial charge in [0.1, 0.15) is 24.4 Å². The van der Waals surface area contributed by atoms with Crippen LogP contribution in [0.4, 0.5) is 13.2 Å². The second-order valence-corrected chi connectivity index (χ2v) is 10.7. The van der Waals surface area contributed by atoms with E-state index in [9.17, 15) is 32.3 Å². The first-order chi connectivity index (χ1) is 23.9. The Morgan fingerprint density at radius 3 is 1.46 bits per heavy atom. The zero-order valence-electron chi connectivity index (χ0n) is 27.0. The molecule has 1 aliphatic rings. The van der Waals surface area contributed by atoms with Crippen LogP contribution in [0.15, 0.2) is 103 Å². The molecule has 11 nitrogen and oxygen atoms in total. The summed E-state index contributed by atoms with van der Waals surface area (Å²) in [5.74, 6) is -5.64. The summed E-state index contributed by atoms with van der Waals surface area (Å²) in [7, 11) is 0. The van der Waals surface area contributed by atoms with Gasteiger partial charge in [0.2, 0.25) is 0 Å². The molecule has 268 valence electrons. The lowest BCUT2D eigenvalue weighted by Gasteiger charge is -2.38. The van der Waals surface area contributed by atoms with Crippen LogP contribution in [-0.2, 0) is 30.3 Å². The largest absolute Gasteiger partial charge is 0.478 e. The van der Waals surface area contributed by atoms with Crippen LogP contribution in [0.2, 0.25) is 0 Å². The third kappa shape index (κ3) is 16.7. The first-order valence-corrected chi connectivity index (χ1v) is 15.3. The Kier molecular flexibility index (Phi) is 18.3. The molecule has 0 spiro atoms. The number of piperazine rings is 1. The fourth-order valence-corrected chi connectivity index (χ4v) is 4.76. The molecular weight excluding hydrogens is 661 g/mol. The summed E-state index contributed by atoms with van der Waals surface area (Å²) in [4.78, 5) is 42.8. The van der Waals surface area contributed by atoms with Gasteiger partial charge in [0.05, 0.1) is 6.61 Å². The summed E-state index contributed by atoms with van der Waals surface area (Å²) in [6, 6.07) is 22.4. The van der Waals surface area contributed by atoms with E-state index in [0.717, 1.165) is 55.8 Å². The third-order valence-corrected chi connectivity index (χ3v) is 7.19. The van der Waals surface area contributed by atoms with Crippen molar-refractivity contribution >= 4 is 23.9 Å². The van der Waals surface area contributed by atoms with E-state index >= 15 is 0 Å². The number of carbonyl (C=O) groups is 4. The Morgan fingerprint density at radius 2 is 1.08 bits per heavy atom. The number of benzene rings is 3. The fraction of sp³-hybridized carbons (Fsp3) is 0.278. The van der Waals surface area contributed by atoms with Crippen LogP contribution in [0, 0.1) is 11.6 Å². The monoisotopic (exact) mass is 700 g/mol. The molecule has 0 aromatic heterocycles. The van der Waals surface area contributed by atoms with Crippen molar-refractivity contribution < 1.29 is 57.5 Å². The van der Waals surface area contributed by atoms with E-state index in [0.29, 0.717) is 30.9 Å². The van der Waals surface area contributed by atoms with E-state index in [-0.39, 0.29) is 24.4 Å². The van der Waals surface area contributed by atoms with Crippen molar-refractivity contribution in [3.05, 3.63) is 131 Å². The smallest absolute Gasteiger partial charge is 0.328 e. The van der Waals surface area contributed by atoms with Crippen molar-refractivity contribution in [3.63, 3.8) is 0 Å². The molecule has 1 atom stereocenters. The van der Waals surface area contributed by atoms with Crippen LogP contribution >= 0.6 is 0 Å². The van der Waals surface area contributed by atoms with Gasteiger partial charge >= 0.3 is 23.9 Å². The molecular formula is C36H39F3N2O9. The highest BCUT2D eigenvalue weighted by Crippen LogP contribution is 2.26. The average molecular weight is 701 g/mol. The zero-order valence-corrected chi connectivity index (χ0v) is 27.0. The second kappa shape index (κ2) is 22.3. The van der Waals surface area contributed by atoms with Gasteiger partial charge in [-0.1, -0.05) is 54.6 Å². The lowest BCUT2D eigenvalue weighted by atomic mass is 10.0. The first-order valence-electron chi connectivity index (χ1n) is 15.3. The molecule has 4 N–H and O–H groups in total. The van der Waals surface area contributed by atoms with Crippen molar-refractivity contribution in [2.75, 3.05) is 46.0 Å². The molecule has 14 heteroatoms. The number of nitrogens with zero attached hydrogens (tertiary/aromatic N) is 2. The van der Waals surface area contributed by atoms with Crippen molar-refractivity contribution in [3.8, 4) is 0 Å². The van der Waals surface area contributed by atoms with E-state index in [2.05, 4.69) is 21.9 Å². The van der Waals surface area contributed by atoms with Gasteiger partial charge in [0.25, 0.3) is 0 Å². The second-order valence-electron chi connectivity index (χ2n) is 10.7. The van der Waals surface area contributed by atoms with Crippen molar-refractivity contribution in [2.45, 2.75) is 18.6 Å². The topological polar surface area (TPSA) is 165 Å². The number of hydrogen-bond acceptors (Lipinski definition) is 7. The summed E-state index contributed by atoms with van der Waals surface area (Å²) >= 11 is 0. The average Bonchev–Trinajstić information content (AvgIpc) is 3.10. The van der Waals surface area contributed by atoms with Crippen LogP contribution in [0.3, 0.4) is 0 Å². The lowest BCUT2D eigenvalue weighted by molar-refractivity contribution is -0.134. The molecule has 0 aliphatic carbocycles. The minimum absolute atomic E-state index is 0.0952. The zero-order chi connectivity index (χ0) is 36.9. The molecule has 0 bridgehead atoms. The maximum Gasteiger partial charge on any atom is 0.328 e. The van der Waals surface area contributed by atoms with Crippen LogP contribution in [0.25, 0.3) is 0 Å². The first kappa shape index (κ1) is 40.9. The molecule has 0 unspecified atom stereocenters. The van der Waals surface area contributed by atoms with Gasteiger partial charge in [-0.25, -0.2) is 32.3 Å². The standard InChI is InChI=1S/C28H31F3N2O.2C4H4O4/c29-21-27(20-22-4-2-1-3-5-22)33-16-14-32(15-17-33)18-19-34-28(23-6-10-25(30)11-7-23)24-8-12-26(31)13-9-24;2*5-3(6)1-2-4(7)8/h1-13,27-28H,14-21H2;2*1-2H,(H,5,6)(H,7,8)/b;2*2-1-/t27-;;/m1../s1. The van der Waals surface area contributed by atoms with E-state index in [1.54, 1.807) is 24.3 Å². The summed E-state index contributed by atoms with van der Waals surface area (Å²) < 4.78 is 46.8. The van der Waals surface area contributed by atoms with Gasteiger partial charge in [-0.15, -0.1) is 0 Å². The highest BCUT2D eigenvalue weighted by Gasteiger charge is 2.24. The fourth-order valence-electron chi connectivity index (χ4n) is 4.76. The Bertz CT molecular complexity index is 1430. The van der Waals surface area contributed by atoms with Gasteiger partial charge < -0.3 is 25.2 Å². The quantitative estimate of drug-likeness (QED) is 0.173. The van der Waals surface area contributed by atoms with Gasteiger partial charge in [0.15, 0.2) is 0 Å². The Morgan fingerprint density at radius 1 is 0.660 bits per heavy atom. The van der Waals surface area contributed by atoms with Gasteiger partial charge in [-0.2, -0.15) is 0 Å². The Balaban J connectivity index is 0.000000450. The summed E-state index contributed by atoms with van der Waals surface area (Å²) in [6.07, 6.45) is 2.55. The number of halogens is 3. The molecule has 1 aliphatic heterocycles. The van der Waals surface area contributed by atoms with Gasteiger partial charge in [-0.05, 0) is 47.4 Å². The van der Waals surface area contributed by atoms with Crippen LogP contribution < -0.4 is 0 Å². The maximum atomic E-state index is 13.8. The van der Waals surface area contributed by atoms with Gasteiger partial charge in [-0.3, -0.25) is 9.80 Å². The molecule has 0 radical (unpaired) electrons. The Labute approximate surface area is 287 Å². The van der Waals surface area contributed by atoms with Crippen LogP contribution in [-0.4, -0.2) is 106 Å². The molecule has 1 heterocycles. The Hall–Kier alpha value is -5.31. The number of ether oxygens (including phenoxy) is 1. The molecule has 3 aromatic carbocycles. The molecule has 0 saturated carbocycles. The highest BCUT2D eigenvalue weighted by atomic mass is 19.1. The molecule has 4 rings (SSSR count). The molecule has 0 amide bonds. The minimum Gasteiger partial charge on any atom is -0.478 e. The number of carboxylic acids is 4. The van der Waals surface area contributed by atoms with Crippen molar-refractivity contribution in [2.24, 2.45) is 0 Å². The number of hydrogen-bond donors (Lipinski definition) is 4. The van der Waals surface area contributed by atoms with Gasteiger partial charge in [0, 0.05) is 63.1 Å². The van der Waals surface area contributed by atoms with E-state index in [1.165, 1.54) is 24.3 Å². The van der Waals surface area contributed by atoms with E-state index in [1.807, 2.05) is 18.2 Å². The van der Waals surface area contributed by atoms with Crippen LogP contribution in [0.5, 0.6) is 0 Å². The SMILES string of the molecule is FC[C@@H](Cc1ccccc1)N1CCN(CCOC(c2ccc(F)cc2)c2ccc(F)cc2)CC1.O=C(O)/C=C\C(=O)O.O=C(O)/C=C\C(=O)O. The van der Waals surface area contributed by atoms with Crippen LogP contribution in [0.1, 0.15) is 22.8 Å². The van der Waals surface area contributed by atoms with E-state index < -0.39 is 30.0 Å². The molecule has 1 fully saturated rings. The number of carboxylic acid groups (broad SMARTS) is 4. The summed E-state index contributed by atoms with van der Waals surface area (Å²) in [6.45, 7) is 4.22. The predicted molar refractivity (Wildman–Crippen MR) is 177 cm³/mol. The van der Waals surface area contributed by atoms with Crippen molar-refractivity contribution in [1.82, 2.24) is 9.80 Å². The predicted octanol–water partition coefficient (Wildman–Crippen LogP) is 4.69. The normalized spacial score (nSPS) is 14.0. The molecule has 1 saturated heterocycles. The number of aliphatic carboxylic acids is 4. The third-order valence-electron chi connectivity index (χ3n) is 7.19.